The van der Waals surface area contributed by atoms with E-state index in [4.69, 9.17) is 5.73 Å². The highest BCUT2D eigenvalue weighted by molar-refractivity contribution is 7.09. The highest BCUT2D eigenvalue weighted by Crippen LogP contribution is 2.26. The molecule has 0 saturated carbocycles. The van der Waals surface area contributed by atoms with Crippen molar-refractivity contribution in [3.63, 3.8) is 0 Å². The van der Waals surface area contributed by atoms with Crippen molar-refractivity contribution in [2.75, 3.05) is 13.1 Å². The molecule has 0 radical (unpaired) electrons. The van der Waals surface area contributed by atoms with Crippen molar-refractivity contribution >= 4 is 17.2 Å². The largest absolute Gasteiger partial charge is 0.336 e. The standard InChI is InChI=1S/C13H21N3OS/c1-13(2,3)10-8-18-11(15-10)7-16-6-9(5-14)4-12(16)17/h8-9H,4-7,14H2,1-3H3. The normalized spacial score (nSPS) is 20.8. The van der Waals surface area contributed by atoms with Crippen LogP contribution in [0.4, 0.5) is 0 Å². The minimum atomic E-state index is 0.0730. The number of carbonyl (C=O) groups is 1. The van der Waals surface area contributed by atoms with Gasteiger partial charge in [0, 0.05) is 23.8 Å². The van der Waals surface area contributed by atoms with Crippen LogP contribution in [0.5, 0.6) is 0 Å². The van der Waals surface area contributed by atoms with Gasteiger partial charge in [0.25, 0.3) is 0 Å². The minimum Gasteiger partial charge on any atom is -0.336 e. The number of nitrogens with two attached hydrogens (primary N) is 1. The highest BCUT2D eigenvalue weighted by atomic mass is 32.1. The van der Waals surface area contributed by atoms with Gasteiger partial charge in [0.2, 0.25) is 5.91 Å². The molecule has 2 heterocycles. The molecule has 1 amide bonds. The summed E-state index contributed by atoms with van der Waals surface area (Å²) in [6.45, 7) is 8.45. The summed E-state index contributed by atoms with van der Waals surface area (Å²) in [4.78, 5) is 18.3. The van der Waals surface area contributed by atoms with Crippen molar-refractivity contribution in [3.05, 3.63) is 16.1 Å². The third-order valence-electron chi connectivity index (χ3n) is 3.27. The maximum atomic E-state index is 11.8. The van der Waals surface area contributed by atoms with Gasteiger partial charge in [-0.3, -0.25) is 4.79 Å². The van der Waals surface area contributed by atoms with Crippen molar-refractivity contribution in [1.29, 1.82) is 0 Å². The number of aromatic nitrogens is 1. The number of likely N-dealkylation sites (tertiary alicyclic amines) is 1. The second-order valence-electron chi connectivity index (χ2n) is 5.96. The summed E-state index contributed by atoms with van der Waals surface area (Å²) in [5.74, 6) is 0.525. The number of hydrogen-bond donors (Lipinski definition) is 1. The number of thiazole rings is 1. The molecular weight excluding hydrogens is 246 g/mol. The molecule has 0 aliphatic carbocycles. The van der Waals surface area contributed by atoms with Crippen LogP contribution < -0.4 is 5.73 Å². The number of carbonyl (C=O) groups excluding carboxylic acids is 1. The summed E-state index contributed by atoms with van der Waals surface area (Å²) >= 11 is 1.64. The van der Waals surface area contributed by atoms with E-state index < -0.39 is 0 Å². The van der Waals surface area contributed by atoms with Crippen molar-refractivity contribution in [1.82, 2.24) is 9.88 Å². The first-order valence-electron chi connectivity index (χ1n) is 6.33. The Hall–Kier alpha value is -0.940. The van der Waals surface area contributed by atoms with E-state index >= 15 is 0 Å². The molecule has 1 saturated heterocycles. The van der Waals surface area contributed by atoms with Crippen LogP contribution in [0.25, 0.3) is 0 Å². The van der Waals surface area contributed by atoms with E-state index in [9.17, 15) is 4.79 Å². The Bertz CT molecular complexity index is 436. The fourth-order valence-corrected chi connectivity index (χ4v) is 3.09. The van der Waals surface area contributed by atoms with E-state index in [0.717, 1.165) is 17.2 Å². The van der Waals surface area contributed by atoms with E-state index in [1.165, 1.54) is 0 Å². The zero-order chi connectivity index (χ0) is 13.3. The second kappa shape index (κ2) is 4.97. The highest BCUT2D eigenvalue weighted by Gasteiger charge is 2.29. The summed E-state index contributed by atoms with van der Waals surface area (Å²) in [6, 6.07) is 0. The molecule has 0 spiro atoms. The average molecular weight is 267 g/mol. The molecule has 2 N–H and O–H groups in total. The van der Waals surface area contributed by atoms with Crippen LogP contribution in [0.1, 0.15) is 37.9 Å². The van der Waals surface area contributed by atoms with Gasteiger partial charge in [0.1, 0.15) is 5.01 Å². The van der Waals surface area contributed by atoms with Crippen LogP contribution in [-0.2, 0) is 16.8 Å². The van der Waals surface area contributed by atoms with Gasteiger partial charge in [0.15, 0.2) is 0 Å². The van der Waals surface area contributed by atoms with Gasteiger partial charge in [-0.2, -0.15) is 0 Å². The molecule has 1 aromatic rings. The van der Waals surface area contributed by atoms with Crippen LogP contribution in [-0.4, -0.2) is 28.9 Å². The summed E-state index contributed by atoms with van der Waals surface area (Å²) in [6.07, 6.45) is 0.591. The molecular formula is C13H21N3OS. The first kappa shape index (κ1) is 13.5. The van der Waals surface area contributed by atoms with E-state index in [2.05, 4.69) is 31.1 Å². The molecule has 1 aliphatic heterocycles. The summed E-state index contributed by atoms with van der Waals surface area (Å²) in [5.41, 5.74) is 6.80. The lowest BCUT2D eigenvalue weighted by Gasteiger charge is -2.16. The Balaban J connectivity index is 2.02. The number of amides is 1. The van der Waals surface area contributed by atoms with Gasteiger partial charge in [-0.15, -0.1) is 11.3 Å². The molecule has 100 valence electrons. The van der Waals surface area contributed by atoms with Crippen molar-refractivity contribution < 1.29 is 4.79 Å². The summed E-state index contributed by atoms with van der Waals surface area (Å²) in [5, 5.41) is 3.11. The first-order valence-corrected chi connectivity index (χ1v) is 7.21. The molecule has 1 atom stereocenters. The van der Waals surface area contributed by atoms with Gasteiger partial charge in [0.05, 0.1) is 12.2 Å². The third-order valence-corrected chi connectivity index (χ3v) is 4.11. The second-order valence-corrected chi connectivity index (χ2v) is 6.90. The van der Waals surface area contributed by atoms with Crippen LogP contribution in [0, 0.1) is 5.92 Å². The Kier molecular flexibility index (Phi) is 3.73. The van der Waals surface area contributed by atoms with E-state index in [1.807, 2.05) is 4.90 Å². The lowest BCUT2D eigenvalue weighted by molar-refractivity contribution is -0.128. The zero-order valence-corrected chi connectivity index (χ0v) is 12.1. The Morgan fingerprint density at radius 2 is 2.28 bits per heavy atom. The van der Waals surface area contributed by atoms with Crippen molar-refractivity contribution in [3.8, 4) is 0 Å². The molecule has 0 bridgehead atoms. The Labute approximate surface area is 112 Å². The van der Waals surface area contributed by atoms with Gasteiger partial charge >= 0.3 is 0 Å². The van der Waals surface area contributed by atoms with E-state index in [1.54, 1.807) is 11.3 Å². The number of nitrogens with zero attached hydrogens (tertiary/aromatic N) is 2. The third kappa shape index (κ3) is 2.90. The van der Waals surface area contributed by atoms with Crippen molar-refractivity contribution in [2.45, 2.75) is 39.2 Å². The van der Waals surface area contributed by atoms with Gasteiger partial charge in [-0.25, -0.2) is 4.98 Å². The van der Waals surface area contributed by atoms with E-state index in [0.29, 0.717) is 25.4 Å². The summed E-state index contributed by atoms with van der Waals surface area (Å²) < 4.78 is 0. The molecule has 0 aromatic carbocycles. The summed E-state index contributed by atoms with van der Waals surface area (Å²) in [7, 11) is 0. The van der Waals surface area contributed by atoms with Crippen molar-refractivity contribution in [2.24, 2.45) is 11.7 Å². The maximum absolute atomic E-state index is 11.8. The van der Waals surface area contributed by atoms with Crippen LogP contribution in [0.2, 0.25) is 0 Å². The van der Waals surface area contributed by atoms with Gasteiger partial charge in [-0.05, 0) is 12.5 Å². The van der Waals surface area contributed by atoms with E-state index in [-0.39, 0.29) is 11.3 Å². The van der Waals surface area contributed by atoms with Gasteiger partial charge < -0.3 is 10.6 Å². The molecule has 18 heavy (non-hydrogen) atoms. The molecule has 1 aromatic heterocycles. The average Bonchev–Trinajstić information content (AvgIpc) is 2.86. The Morgan fingerprint density at radius 1 is 1.56 bits per heavy atom. The lowest BCUT2D eigenvalue weighted by atomic mass is 9.93. The predicted octanol–water partition coefficient (Wildman–Crippen LogP) is 1.75. The molecule has 2 rings (SSSR count). The number of rotatable bonds is 3. The Morgan fingerprint density at radius 3 is 2.78 bits per heavy atom. The van der Waals surface area contributed by atoms with Crippen LogP contribution >= 0.6 is 11.3 Å². The first-order chi connectivity index (χ1) is 8.40. The molecule has 1 aliphatic rings. The smallest absolute Gasteiger partial charge is 0.223 e. The minimum absolute atomic E-state index is 0.0730. The van der Waals surface area contributed by atoms with Gasteiger partial charge in [-0.1, -0.05) is 20.8 Å². The molecule has 1 unspecified atom stereocenters. The fourth-order valence-electron chi connectivity index (χ4n) is 2.06. The van der Waals surface area contributed by atoms with Crippen LogP contribution in [0.3, 0.4) is 0 Å². The fraction of sp³-hybridized carbons (Fsp3) is 0.692. The monoisotopic (exact) mass is 267 g/mol. The predicted molar refractivity (Wildman–Crippen MR) is 73.4 cm³/mol. The SMILES string of the molecule is CC(C)(C)c1csc(CN2CC(CN)CC2=O)n1. The zero-order valence-electron chi connectivity index (χ0n) is 11.3. The maximum Gasteiger partial charge on any atom is 0.223 e. The lowest BCUT2D eigenvalue weighted by Crippen LogP contribution is -2.25. The molecule has 1 fully saturated rings. The quantitative estimate of drug-likeness (QED) is 0.907. The topological polar surface area (TPSA) is 59.2 Å². The molecule has 4 nitrogen and oxygen atoms in total. The number of hydrogen-bond acceptors (Lipinski definition) is 4. The van der Waals surface area contributed by atoms with Crippen LogP contribution in [0.15, 0.2) is 5.38 Å². The molecule has 5 heteroatoms.